The zero-order chi connectivity index (χ0) is 9.52. The van der Waals surface area contributed by atoms with Crippen LogP contribution in [0.3, 0.4) is 0 Å². The predicted octanol–water partition coefficient (Wildman–Crippen LogP) is 1.68. The highest BCUT2D eigenvalue weighted by Crippen LogP contribution is 2.02. The van der Waals surface area contributed by atoms with Gasteiger partial charge in [0.25, 0.3) is 0 Å². The first-order valence-corrected chi connectivity index (χ1v) is 7.54. The smallest absolute Gasteiger partial charge is 0.0338 e. The van der Waals surface area contributed by atoms with Gasteiger partial charge in [-0.05, 0) is 18.3 Å². The minimum absolute atomic E-state index is 0.166. The maximum atomic E-state index is 2.53. The van der Waals surface area contributed by atoms with Gasteiger partial charge in [0.2, 0.25) is 0 Å². The summed E-state index contributed by atoms with van der Waals surface area (Å²) < 4.78 is 0. The molecule has 72 valence electrons. The van der Waals surface area contributed by atoms with Crippen molar-refractivity contribution in [2.45, 2.75) is 20.0 Å². The molecule has 1 aromatic rings. The van der Waals surface area contributed by atoms with E-state index in [0.29, 0.717) is 0 Å². The normalized spacial score (nSPS) is 11.6. The highest BCUT2D eigenvalue weighted by molar-refractivity contribution is 6.33. The lowest BCUT2D eigenvalue weighted by Crippen LogP contribution is -2.26. The largest absolute Gasteiger partial charge is 0.303 e. The van der Waals surface area contributed by atoms with Gasteiger partial charge < -0.3 is 4.90 Å². The van der Waals surface area contributed by atoms with Crippen LogP contribution in [-0.2, 0) is 6.54 Å². The van der Waals surface area contributed by atoms with E-state index in [1.807, 2.05) is 0 Å². The average molecular weight is 193 g/mol. The number of benzene rings is 1. The van der Waals surface area contributed by atoms with Gasteiger partial charge in [-0.15, -0.1) is 0 Å². The molecule has 2 heteroatoms. The molecule has 0 saturated carbocycles. The van der Waals surface area contributed by atoms with Gasteiger partial charge in [0, 0.05) is 16.1 Å². The van der Waals surface area contributed by atoms with Crippen LogP contribution in [0.25, 0.3) is 0 Å². The van der Waals surface area contributed by atoms with Crippen LogP contribution in [0.2, 0.25) is 6.55 Å². The Kier molecular flexibility index (Phi) is 4.79. The standard InChI is InChI=1S/C11H19NSi/c1-3-12(10-13-2)9-11-7-5-4-6-8-11/h4-8H,3,9-10,13H2,1-2H3. The number of hydrogen-bond donors (Lipinski definition) is 0. The van der Waals surface area contributed by atoms with Crippen LogP contribution in [0.4, 0.5) is 0 Å². The van der Waals surface area contributed by atoms with Gasteiger partial charge in [0.05, 0.1) is 0 Å². The Hall–Kier alpha value is -0.603. The Morgan fingerprint density at radius 3 is 2.46 bits per heavy atom. The van der Waals surface area contributed by atoms with Crippen LogP contribution < -0.4 is 0 Å². The quantitative estimate of drug-likeness (QED) is 0.643. The van der Waals surface area contributed by atoms with E-state index in [-0.39, 0.29) is 9.52 Å². The fraction of sp³-hybridized carbons (Fsp3) is 0.455. The fourth-order valence-electron chi connectivity index (χ4n) is 1.51. The van der Waals surface area contributed by atoms with E-state index in [2.05, 4.69) is 48.7 Å². The zero-order valence-electron chi connectivity index (χ0n) is 8.66. The van der Waals surface area contributed by atoms with Gasteiger partial charge >= 0.3 is 0 Å². The van der Waals surface area contributed by atoms with E-state index in [4.69, 9.17) is 0 Å². The molecule has 0 N–H and O–H groups in total. The molecule has 0 aromatic heterocycles. The highest BCUT2D eigenvalue weighted by Gasteiger charge is 2.00. The summed E-state index contributed by atoms with van der Waals surface area (Å²) >= 11 is 0. The zero-order valence-corrected chi connectivity index (χ0v) is 10.1. The first-order valence-electron chi connectivity index (χ1n) is 5.13. The second-order valence-corrected chi connectivity index (χ2v) is 4.80. The third-order valence-corrected chi connectivity index (χ3v) is 3.32. The molecule has 0 radical (unpaired) electrons. The number of hydrogen-bond acceptors (Lipinski definition) is 1. The third-order valence-electron chi connectivity index (χ3n) is 2.24. The van der Waals surface area contributed by atoms with Crippen molar-refractivity contribution in [3.05, 3.63) is 35.9 Å². The Bertz CT molecular complexity index is 223. The Morgan fingerprint density at radius 1 is 1.23 bits per heavy atom. The summed E-state index contributed by atoms with van der Waals surface area (Å²) in [4.78, 5) is 2.53. The Labute approximate surface area is 83.6 Å². The maximum absolute atomic E-state index is 2.53. The molecule has 0 unspecified atom stereocenters. The molecule has 0 bridgehead atoms. The van der Waals surface area contributed by atoms with Crippen molar-refractivity contribution in [2.24, 2.45) is 0 Å². The molecule has 0 fully saturated rings. The lowest BCUT2D eigenvalue weighted by molar-refractivity contribution is 0.326. The Morgan fingerprint density at radius 2 is 1.92 bits per heavy atom. The van der Waals surface area contributed by atoms with Crippen molar-refractivity contribution in [2.75, 3.05) is 12.7 Å². The molecule has 0 amide bonds. The van der Waals surface area contributed by atoms with E-state index >= 15 is 0 Å². The van der Waals surface area contributed by atoms with Crippen LogP contribution in [0.5, 0.6) is 0 Å². The molecule has 1 nitrogen and oxygen atoms in total. The summed E-state index contributed by atoms with van der Waals surface area (Å²) in [5, 5.41) is 0. The van der Waals surface area contributed by atoms with Gasteiger partial charge in [-0.1, -0.05) is 43.8 Å². The molecular formula is C11H19NSi. The first-order chi connectivity index (χ1) is 6.36. The fourth-order valence-corrected chi connectivity index (χ4v) is 2.61. The average Bonchev–Trinajstić information content (AvgIpc) is 2.19. The van der Waals surface area contributed by atoms with Crippen LogP contribution in [0.1, 0.15) is 12.5 Å². The second kappa shape index (κ2) is 5.94. The second-order valence-electron chi connectivity index (χ2n) is 3.35. The molecule has 0 spiro atoms. The van der Waals surface area contributed by atoms with Crippen LogP contribution in [-0.4, -0.2) is 27.1 Å². The molecule has 0 heterocycles. The predicted molar refractivity (Wildman–Crippen MR) is 61.8 cm³/mol. The van der Waals surface area contributed by atoms with Crippen molar-refractivity contribution in [1.29, 1.82) is 0 Å². The van der Waals surface area contributed by atoms with E-state index in [0.717, 1.165) is 6.54 Å². The summed E-state index contributed by atoms with van der Waals surface area (Å²) in [6.45, 7) is 6.91. The van der Waals surface area contributed by atoms with Gasteiger partial charge in [0.1, 0.15) is 0 Å². The van der Waals surface area contributed by atoms with E-state index < -0.39 is 0 Å². The SMILES string of the molecule is CCN(C[SiH2]C)Cc1ccccc1. The monoisotopic (exact) mass is 193 g/mol. The molecule has 0 aliphatic carbocycles. The minimum Gasteiger partial charge on any atom is -0.303 e. The molecule has 0 aliphatic heterocycles. The van der Waals surface area contributed by atoms with Crippen molar-refractivity contribution in [3.8, 4) is 0 Å². The van der Waals surface area contributed by atoms with Crippen molar-refractivity contribution >= 4 is 9.52 Å². The van der Waals surface area contributed by atoms with E-state index in [9.17, 15) is 0 Å². The van der Waals surface area contributed by atoms with Crippen LogP contribution >= 0.6 is 0 Å². The molecule has 0 aliphatic rings. The lowest BCUT2D eigenvalue weighted by Gasteiger charge is -2.19. The summed E-state index contributed by atoms with van der Waals surface area (Å²) in [7, 11) is 0.166. The summed E-state index contributed by atoms with van der Waals surface area (Å²) in [5.41, 5.74) is 1.44. The van der Waals surface area contributed by atoms with E-state index in [1.165, 1.54) is 18.3 Å². The summed E-state index contributed by atoms with van der Waals surface area (Å²) in [6.07, 6.45) is 1.34. The Balaban J connectivity index is 2.46. The van der Waals surface area contributed by atoms with Crippen molar-refractivity contribution < 1.29 is 0 Å². The maximum Gasteiger partial charge on any atom is 0.0338 e. The lowest BCUT2D eigenvalue weighted by atomic mass is 10.2. The topological polar surface area (TPSA) is 3.24 Å². The highest BCUT2D eigenvalue weighted by atomic mass is 28.2. The van der Waals surface area contributed by atoms with Crippen molar-refractivity contribution in [1.82, 2.24) is 4.90 Å². The van der Waals surface area contributed by atoms with Crippen molar-refractivity contribution in [3.63, 3.8) is 0 Å². The molecule has 1 rings (SSSR count). The van der Waals surface area contributed by atoms with E-state index in [1.54, 1.807) is 0 Å². The van der Waals surface area contributed by atoms with Gasteiger partial charge in [-0.3, -0.25) is 0 Å². The summed E-state index contributed by atoms with van der Waals surface area (Å²) in [5.74, 6) is 0. The van der Waals surface area contributed by atoms with Crippen LogP contribution in [0.15, 0.2) is 30.3 Å². The number of rotatable bonds is 5. The van der Waals surface area contributed by atoms with Crippen LogP contribution in [0, 0.1) is 0 Å². The molecule has 13 heavy (non-hydrogen) atoms. The molecule has 0 atom stereocenters. The first kappa shape index (κ1) is 10.5. The molecule has 0 saturated heterocycles. The van der Waals surface area contributed by atoms with Gasteiger partial charge in [0.15, 0.2) is 0 Å². The minimum atomic E-state index is 0.166. The molecular weight excluding hydrogens is 174 g/mol. The number of nitrogens with zero attached hydrogens (tertiary/aromatic N) is 1. The molecule has 1 aromatic carbocycles. The van der Waals surface area contributed by atoms with Gasteiger partial charge in [-0.2, -0.15) is 0 Å². The third kappa shape index (κ3) is 3.74. The summed E-state index contributed by atoms with van der Waals surface area (Å²) in [6, 6.07) is 10.7. The van der Waals surface area contributed by atoms with Gasteiger partial charge in [-0.25, -0.2) is 0 Å².